The molecule has 2 atom stereocenters. The fourth-order valence-corrected chi connectivity index (χ4v) is 3.49. The molecule has 2 aliphatic heterocycles. The number of hydrazine groups is 1. The number of rotatable bonds is 4. The van der Waals surface area contributed by atoms with Crippen molar-refractivity contribution in [3.8, 4) is 0 Å². The van der Waals surface area contributed by atoms with Gasteiger partial charge in [0.05, 0.1) is 12.3 Å². The van der Waals surface area contributed by atoms with Crippen LogP contribution in [0, 0.1) is 0 Å². The maximum Gasteiger partial charge on any atom is 0.241 e. The minimum Gasteiger partial charge on any atom is -0.468 e. The average Bonchev–Trinajstić information content (AvgIpc) is 3.34. The number of carbonyl (C=O) groups excluding carboxylic acids is 1. The Morgan fingerprint density at radius 2 is 2.08 bits per heavy atom. The lowest BCUT2D eigenvalue weighted by molar-refractivity contribution is -0.135. The van der Waals surface area contributed by atoms with Gasteiger partial charge < -0.3 is 9.32 Å². The standard InChI is InChI=1S/C18H23N5O2/c24-18(16-11-15(20-21-16)17-4-2-10-25-17)23-8-6-22(7-9-23)13-14-3-1-5-19-12-14/h1-5,10,12,15-16,20-21H,6-9,11,13H2. The van der Waals surface area contributed by atoms with E-state index in [1.807, 2.05) is 29.3 Å². The highest BCUT2D eigenvalue weighted by atomic mass is 16.3. The van der Waals surface area contributed by atoms with E-state index in [0.29, 0.717) is 6.42 Å². The molecule has 4 rings (SSSR count). The zero-order valence-electron chi connectivity index (χ0n) is 14.1. The Labute approximate surface area is 147 Å². The van der Waals surface area contributed by atoms with Crippen LogP contribution in [0.3, 0.4) is 0 Å². The van der Waals surface area contributed by atoms with E-state index in [-0.39, 0.29) is 18.0 Å². The highest BCUT2D eigenvalue weighted by molar-refractivity contribution is 5.82. The van der Waals surface area contributed by atoms with Crippen LogP contribution in [0.5, 0.6) is 0 Å². The van der Waals surface area contributed by atoms with Crippen molar-refractivity contribution in [3.63, 3.8) is 0 Å². The van der Waals surface area contributed by atoms with Crippen LogP contribution in [0.15, 0.2) is 47.3 Å². The zero-order valence-corrected chi connectivity index (χ0v) is 14.1. The van der Waals surface area contributed by atoms with E-state index in [9.17, 15) is 4.79 Å². The van der Waals surface area contributed by atoms with Crippen LogP contribution >= 0.6 is 0 Å². The maximum absolute atomic E-state index is 12.7. The first kappa shape index (κ1) is 16.3. The molecule has 7 heteroatoms. The summed E-state index contributed by atoms with van der Waals surface area (Å²) in [6.07, 6.45) is 6.06. The average molecular weight is 341 g/mol. The molecule has 0 radical (unpaired) electrons. The number of nitrogens with zero attached hydrogens (tertiary/aromatic N) is 3. The molecule has 0 aromatic carbocycles. The number of pyridine rings is 1. The molecular formula is C18H23N5O2. The maximum atomic E-state index is 12.7. The van der Waals surface area contributed by atoms with Gasteiger partial charge in [-0.05, 0) is 30.2 Å². The molecule has 2 aromatic rings. The van der Waals surface area contributed by atoms with E-state index >= 15 is 0 Å². The largest absolute Gasteiger partial charge is 0.468 e. The second-order valence-corrected chi connectivity index (χ2v) is 6.61. The minimum atomic E-state index is -0.194. The van der Waals surface area contributed by atoms with E-state index in [4.69, 9.17) is 4.42 Å². The Kier molecular flexibility index (Phi) is 4.78. The summed E-state index contributed by atoms with van der Waals surface area (Å²) in [5.41, 5.74) is 7.50. The third-order valence-corrected chi connectivity index (χ3v) is 4.90. The SMILES string of the molecule is O=C(C1CC(c2ccco2)NN1)N1CCN(Cc2cccnc2)CC1. The van der Waals surface area contributed by atoms with Crippen molar-refractivity contribution in [1.29, 1.82) is 0 Å². The summed E-state index contributed by atoms with van der Waals surface area (Å²) in [7, 11) is 0. The lowest BCUT2D eigenvalue weighted by Gasteiger charge is -2.35. The third kappa shape index (κ3) is 3.73. The van der Waals surface area contributed by atoms with Gasteiger partial charge in [0.1, 0.15) is 11.8 Å². The quantitative estimate of drug-likeness (QED) is 0.862. The van der Waals surface area contributed by atoms with E-state index < -0.39 is 0 Å². The van der Waals surface area contributed by atoms with Crippen LogP contribution in [0.4, 0.5) is 0 Å². The highest BCUT2D eigenvalue weighted by Crippen LogP contribution is 2.23. The number of hydrogen-bond donors (Lipinski definition) is 2. The van der Waals surface area contributed by atoms with Crippen LogP contribution in [-0.2, 0) is 11.3 Å². The molecular weight excluding hydrogens is 318 g/mol. The molecule has 0 spiro atoms. The van der Waals surface area contributed by atoms with Crippen molar-refractivity contribution in [2.75, 3.05) is 26.2 Å². The molecule has 2 saturated heterocycles. The fraction of sp³-hybridized carbons (Fsp3) is 0.444. The van der Waals surface area contributed by atoms with Gasteiger partial charge in [-0.2, -0.15) is 0 Å². The molecule has 4 heterocycles. The molecule has 0 saturated carbocycles. The molecule has 25 heavy (non-hydrogen) atoms. The highest BCUT2D eigenvalue weighted by Gasteiger charge is 2.35. The number of furan rings is 1. The lowest BCUT2D eigenvalue weighted by Crippen LogP contribution is -2.53. The number of hydrogen-bond acceptors (Lipinski definition) is 6. The van der Waals surface area contributed by atoms with E-state index in [0.717, 1.165) is 38.5 Å². The topological polar surface area (TPSA) is 73.6 Å². The van der Waals surface area contributed by atoms with Gasteiger partial charge in [-0.1, -0.05) is 6.07 Å². The van der Waals surface area contributed by atoms with Crippen LogP contribution in [0.25, 0.3) is 0 Å². The minimum absolute atomic E-state index is 0.0517. The normalized spacial score (nSPS) is 24.6. The van der Waals surface area contributed by atoms with Crippen LogP contribution in [-0.4, -0.2) is 52.9 Å². The van der Waals surface area contributed by atoms with Gasteiger partial charge >= 0.3 is 0 Å². The van der Waals surface area contributed by atoms with Crippen LogP contribution in [0.1, 0.15) is 23.8 Å². The Balaban J connectivity index is 1.27. The van der Waals surface area contributed by atoms with Gasteiger partial charge in [0, 0.05) is 45.1 Å². The van der Waals surface area contributed by atoms with E-state index in [1.54, 1.807) is 12.5 Å². The molecule has 7 nitrogen and oxygen atoms in total. The number of piperazine rings is 1. The van der Waals surface area contributed by atoms with Crippen molar-refractivity contribution >= 4 is 5.91 Å². The van der Waals surface area contributed by atoms with Crippen molar-refractivity contribution in [2.45, 2.75) is 25.0 Å². The summed E-state index contributed by atoms with van der Waals surface area (Å²) in [5.74, 6) is 1.03. The molecule has 1 amide bonds. The predicted octanol–water partition coefficient (Wildman–Crippen LogP) is 0.927. The van der Waals surface area contributed by atoms with Gasteiger partial charge in [0.25, 0.3) is 0 Å². The summed E-state index contributed by atoms with van der Waals surface area (Å²) in [6.45, 7) is 4.20. The smallest absolute Gasteiger partial charge is 0.241 e. The Morgan fingerprint density at radius 3 is 2.80 bits per heavy atom. The number of nitrogens with one attached hydrogen (secondary N) is 2. The molecule has 2 aromatic heterocycles. The predicted molar refractivity (Wildman–Crippen MR) is 92.2 cm³/mol. The van der Waals surface area contributed by atoms with Crippen LogP contribution in [0.2, 0.25) is 0 Å². The molecule has 0 bridgehead atoms. The van der Waals surface area contributed by atoms with Gasteiger partial charge in [0.15, 0.2) is 0 Å². The van der Waals surface area contributed by atoms with Gasteiger partial charge in [-0.3, -0.25) is 14.7 Å². The Morgan fingerprint density at radius 1 is 1.20 bits per heavy atom. The first-order chi connectivity index (χ1) is 12.3. The van der Waals surface area contributed by atoms with Crippen LogP contribution < -0.4 is 10.9 Å². The Hall–Kier alpha value is -2.22. The fourth-order valence-electron chi connectivity index (χ4n) is 3.49. The van der Waals surface area contributed by atoms with E-state index in [1.165, 1.54) is 5.56 Å². The van der Waals surface area contributed by atoms with Gasteiger partial charge in [-0.15, -0.1) is 0 Å². The molecule has 132 valence electrons. The number of amides is 1. The Bertz CT molecular complexity index is 683. The second kappa shape index (κ2) is 7.35. The monoisotopic (exact) mass is 341 g/mol. The molecule has 2 fully saturated rings. The van der Waals surface area contributed by atoms with Crippen molar-refractivity contribution in [3.05, 3.63) is 54.2 Å². The van der Waals surface area contributed by atoms with Crippen molar-refractivity contribution < 1.29 is 9.21 Å². The summed E-state index contributed by atoms with van der Waals surface area (Å²) in [6, 6.07) is 7.71. The lowest BCUT2D eigenvalue weighted by atomic mass is 10.1. The zero-order chi connectivity index (χ0) is 17.1. The number of carbonyl (C=O) groups is 1. The molecule has 2 aliphatic rings. The summed E-state index contributed by atoms with van der Waals surface area (Å²) in [4.78, 5) is 21.2. The summed E-state index contributed by atoms with van der Waals surface area (Å²) < 4.78 is 5.42. The first-order valence-corrected chi connectivity index (χ1v) is 8.74. The number of aromatic nitrogens is 1. The molecule has 2 unspecified atom stereocenters. The molecule has 2 N–H and O–H groups in total. The van der Waals surface area contributed by atoms with Crippen molar-refractivity contribution in [2.24, 2.45) is 0 Å². The van der Waals surface area contributed by atoms with Gasteiger partial charge in [0.2, 0.25) is 5.91 Å². The second-order valence-electron chi connectivity index (χ2n) is 6.61. The van der Waals surface area contributed by atoms with Crippen molar-refractivity contribution in [1.82, 2.24) is 25.6 Å². The molecule has 0 aliphatic carbocycles. The summed E-state index contributed by atoms with van der Waals surface area (Å²) in [5, 5.41) is 0. The van der Waals surface area contributed by atoms with Gasteiger partial charge in [-0.25, -0.2) is 10.9 Å². The third-order valence-electron chi connectivity index (χ3n) is 4.90. The first-order valence-electron chi connectivity index (χ1n) is 8.74. The van der Waals surface area contributed by atoms with E-state index in [2.05, 4.69) is 26.8 Å². The summed E-state index contributed by atoms with van der Waals surface area (Å²) >= 11 is 0.